The van der Waals surface area contributed by atoms with Crippen LogP contribution < -0.4 is 16.4 Å². The number of carbonyl (C=O) groups is 4. The number of nitrogens with two attached hydrogens (primary N) is 1. The zero-order chi connectivity index (χ0) is 25.1. The van der Waals surface area contributed by atoms with E-state index in [0.29, 0.717) is 36.3 Å². The quantitative estimate of drug-likeness (QED) is 0.552. The first-order valence-corrected chi connectivity index (χ1v) is 11.9. The van der Waals surface area contributed by atoms with Crippen LogP contribution in [-0.4, -0.2) is 64.6 Å². The molecule has 4 rings (SSSR count). The Labute approximate surface area is 204 Å². The Hall–Kier alpha value is -3.88. The van der Waals surface area contributed by atoms with Crippen molar-refractivity contribution in [2.45, 2.75) is 44.8 Å². The van der Waals surface area contributed by atoms with E-state index in [0.717, 1.165) is 0 Å². The third-order valence-corrected chi connectivity index (χ3v) is 6.47. The van der Waals surface area contributed by atoms with E-state index < -0.39 is 12.1 Å². The first-order chi connectivity index (χ1) is 16.7. The van der Waals surface area contributed by atoms with Crippen LogP contribution >= 0.6 is 0 Å². The van der Waals surface area contributed by atoms with E-state index in [1.54, 1.807) is 41.3 Å². The van der Waals surface area contributed by atoms with Crippen LogP contribution in [0, 0.1) is 5.92 Å². The van der Waals surface area contributed by atoms with Gasteiger partial charge in [0, 0.05) is 23.5 Å². The standard InChI is InChI=1S/C26H31N5O4/c1-16(2)14-20(29-24(33)17-8-10-18(27)11-9-17)25(34)30-13-12-21-23(30)22(32)15-31(21)26(35)28-19-6-4-3-5-7-19/h3-11,16,20-21,23H,12-15,27H2,1-2H3,(H,28,35)(H,29,33). The van der Waals surface area contributed by atoms with Crippen molar-refractivity contribution in [2.75, 3.05) is 24.1 Å². The molecule has 0 bridgehead atoms. The average Bonchev–Trinajstić information content (AvgIpc) is 3.40. The second-order valence-electron chi connectivity index (χ2n) is 9.50. The SMILES string of the molecule is CC(C)CC(NC(=O)c1ccc(N)cc1)C(=O)N1CCC2C1C(=O)CN2C(=O)Nc1ccccc1. The van der Waals surface area contributed by atoms with Crippen molar-refractivity contribution in [1.29, 1.82) is 0 Å². The molecule has 35 heavy (non-hydrogen) atoms. The largest absolute Gasteiger partial charge is 0.399 e. The van der Waals surface area contributed by atoms with E-state index in [2.05, 4.69) is 10.6 Å². The second kappa shape index (κ2) is 10.2. The Kier molecular flexibility index (Phi) is 7.04. The Balaban J connectivity index is 1.47. The zero-order valence-electron chi connectivity index (χ0n) is 19.9. The maximum absolute atomic E-state index is 13.6. The van der Waals surface area contributed by atoms with Crippen LogP contribution in [0.3, 0.4) is 0 Å². The number of urea groups is 1. The first-order valence-electron chi connectivity index (χ1n) is 11.9. The van der Waals surface area contributed by atoms with Crippen molar-refractivity contribution >= 4 is 35.0 Å². The van der Waals surface area contributed by atoms with Gasteiger partial charge in [0.15, 0.2) is 5.78 Å². The van der Waals surface area contributed by atoms with Gasteiger partial charge < -0.3 is 26.2 Å². The molecular weight excluding hydrogens is 446 g/mol. The van der Waals surface area contributed by atoms with Crippen molar-refractivity contribution < 1.29 is 19.2 Å². The summed E-state index contributed by atoms with van der Waals surface area (Å²) < 4.78 is 0. The molecule has 2 aromatic carbocycles. The lowest BCUT2D eigenvalue weighted by Gasteiger charge is -2.29. The van der Waals surface area contributed by atoms with Gasteiger partial charge in [0.05, 0.1) is 12.6 Å². The smallest absolute Gasteiger partial charge is 0.322 e. The maximum atomic E-state index is 13.6. The predicted molar refractivity (Wildman–Crippen MR) is 133 cm³/mol. The number of benzene rings is 2. The van der Waals surface area contributed by atoms with Gasteiger partial charge in [-0.25, -0.2) is 4.79 Å². The summed E-state index contributed by atoms with van der Waals surface area (Å²) in [7, 11) is 0. The first kappa shape index (κ1) is 24.3. The number of nitrogens with zero attached hydrogens (tertiary/aromatic N) is 2. The van der Waals surface area contributed by atoms with Gasteiger partial charge in [-0.2, -0.15) is 0 Å². The van der Waals surface area contributed by atoms with E-state index >= 15 is 0 Å². The summed E-state index contributed by atoms with van der Waals surface area (Å²) in [4.78, 5) is 55.3. The molecule has 2 aromatic rings. The number of anilines is 2. The number of Topliss-reactive ketones (excluding diaryl/α,β-unsaturated/α-hetero) is 1. The third-order valence-electron chi connectivity index (χ3n) is 6.47. The molecule has 2 aliphatic heterocycles. The molecule has 2 fully saturated rings. The van der Waals surface area contributed by atoms with Gasteiger partial charge in [-0.05, 0) is 55.2 Å². The third kappa shape index (κ3) is 5.29. The van der Waals surface area contributed by atoms with E-state index in [4.69, 9.17) is 5.73 Å². The number of likely N-dealkylation sites (tertiary alicyclic amines) is 2. The molecule has 0 saturated carbocycles. The average molecular weight is 478 g/mol. The number of carbonyl (C=O) groups excluding carboxylic acids is 4. The zero-order valence-corrected chi connectivity index (χ0v) is 19.9. The number of rotatable bonds is 6. The number of hydrogen-bond acceptors (Lipinski definition) is 5. The Bertz CT molecular complexity index is 1100. The molecule has 3 atom stereocenters. The molecule has 0 spiro atoms. The van der Waals surface area contributed by atoms with Crippen LogP contribution in [0.25, 0.3) is 0 Å². The molecule has 184 valence electrons. The van der Waals surface area contributed by atoms with Crippen LogP contribution in [0.15, 0.2) is 54.6 Å². The molecule has 9 heteroatoms. The second-order valence-corrected chi connectivity index (χ2v) is 9.50. The molecule has 0 radical (unpaired) electrons. The normalized spacial score (nSPS) is 20.0. The van der Waals surface area contributed by atoms with Gasteiger partial charge in [0.25, 0.3) is 5.91 Å². The van der Waals surface area contributed by atoms with Gasteiger partial charge in [-0.15, -0.1) is 0 Å². The van der Waals surface area contributed by atoms with Crippen molar-refractivity contribution in [1.82, 2.24) is 15.1 Å². The number of fused-ring (bicyclic) bond motifs is 1. The molecule has 9 nitrogen and oxygen atoms in total. The minimum atomic E-state index is -0.779. The lowest BCUT2D eigenvalue weighted by molar-refractivity contribution is -0.138. The lowest BCUT2D eigenvalue weighted by Crippen LogP contribution is -2.53. The number of para-hydroxylation sites is 1. The van der Waals surface area contributed by atoms with Crippen molar-refractivity contribution in [3.05, 3.63) is 60.2 Å². The van der Waals surface area contributed by atoms with Gasteiger partial charge >= 0.3 is 6.03 Å². The van der Waals surface area contributed by atoms with E-state index in [1.165, 1.54) is 4.90 Å². The van der Waals surface area contributed by atoms with Gasteiger partial charge in [-0.1, -0.05) is 32.0 Å². The minimum Gasteiger partial charge on any atom is -0.399 e. The number of nitrogen functional groups attached to an aromatic ring is 1. The highest BCUT2D eigenvalue weighted by molar-refractivity contribution is 6.02. The number of nitrogens with one attached hydrogen (secondary N) is 2. The summed E-state index contributed by atoms with van der Waals surface area (Å²) in [6.45, 7) is 4.24. The highest BCUT2D eigenvalue weighted by atomic mass is 16.2. The summed E-state index contributed by atoms with van der Waals surface area (Å²) in [6.07, 6.45) is 0.935. The van der Waals surface area contributed by atoms with Gasteiger partial charge in [0.2, 0.25) is 5.91 Å². The number of ketones is 1. The number of amides is 4. The van der Waals surface area contributed by atoms with Crippen molar-refractivity contribution in [2.24, 2.45) is 5.92 Å². The lowest BCUT2D eigenvalue weighted by atomic mass is 10.0. The Morgan fingerprint density at radius 1 is 1.03 bits per heavy atom. The Morgan fingerprint density at radius 3 is 2.37 bits per heavy atom. The predicted octanol–water partition coefficient (Wildman–Crippen LogP) is 2.50. The van der Waals surface area contributed by atoms with E-state index in [-0.39, 0.29) is 42.1 Å². The van der Waals surface area contributed by atoms with Gasteiger partial charge in [-0.3, -0.25) is 14.4 Å². The highest BCUT2D eigenvalue weighted by Crippen LogP contribution is 2.31. The monoisotopic (exact) mass is 477 g/mol. The summed E-state index contributed by atoms with van der Waals surface area (Å²) >= 11 is 0. The van der Waals surface area contributed by atoms with Crippen molar-refractivity contribution in [3.8, 4) is 0 Å². The molecule has 0 aliphatic carbocycles. The van der Waals surface area contributed by atoms with E-state index in [1.807, 2.05) is 32.0 Å². The topological polar surface area (TPSA) is 125 Å². The fourth-order valence-electron chi connectivity index (χ4n) is 4.82. The van der Waals surface area contributed by atoms with Crippen LogP contribution in [0.5, 0.6) is 0 Å². The van der Waals surface area contributed by atoms with Crippen LogP contribution in [0.2, 0.25) is 0 Å². The summed E-state index contributed by atoms with van der Waals surface area (Å²) in [5, 5.41) is 5.67. The molecule has 2 saturated heterocycles. The fourth-order valence-corrected chi connectivity index (χ4v) is 4.82. The molecule has 4 amide bonds. The molecule has 2 heterocycles. The van der Waals surface area contributed by atoms with Gasteiger partial charge in [0.1, 0.15) is 12.1 Å². The fraction of sp³-hybridized carbons (Fsp3) is 0.385. The minimum absolute atomic E-state index is 0.0512. The Morgan fingerprint density at radius 2 is 1.71 bits per heavy atom. The van der Waals surface area contributed by atoms with Crippen LogP contribution in [0.4, 0.5) is 16.2 Å². The maximum Gasteiger partial charge on any atom is 0.322 e. The summed E-state index contributed by atoms with van der Waals surface area (Å²) in [5.41, 5.74) is 7.29. The van der Waals surface area contributed by atoms with Crippen LogP contribution in [-0.2, 0) is 9.59 Å². The van der Waals surface area contributed by atoms with E-state index in [9.17, 15) is 19.2 Å². The highest BCUT2D eigenvalue weighted by Gasteiger charge is 2.52. The summed E-state index contributed by atoms with van der Waals surface area (Å²) in [5.74, 6) is -0.700. The number of hydrogen-bond donors (Lipinski definition) is 3. The molecule has 2 aliphatic rings. The molecule has 0 aromatic heterocycles. The molecule has 3 unspecified atom stereocenters. The van der Waals surface area contributed by atoms with Crippen LogP contribution in [0.1, 0.15) is 37.0 Å². The summed E-state index contributed by atoms with van der Waals surface area (Å²) in [6, 6.07) is 13.3. The van der Waals surface area contributed by atoms with Crippen molar-refractivity contribution in [3.63, 3.8) is 0 Å². The molecule has 4 N–H and O–H groups in total. The molecular formula is C26H31N5O4.